The van der Waals surface area contributed by atoms with Crippen molar-refractivity contribution < 1.29 is 5.11 Å². The number of aliphatic hydroxyl groups excluding tert-OH is 1. The summed E-state index contributed by atoms with van der Waals surface area (Å²) in [5.41, 5.74) is 5.04. The van der Waals surface area contributed by atoms with E-state index in [-0.39, 0.29) is 6.10 Å². The van der Waals surface area contributed by atoms with Gasteiger partial charge in [-0.15, -0.1) is 0 Å². The molecule has 0 aromatic carbocycles. The van der Waals surface area contributed by atoms with E-state index in [4.69, 9.17) is 0 Å². The Kier molecular flexibility index (Phi) is 4.87. The largest absolute Gasteiger partial charge is 0.393 e. The van der Waals surface area contributed by atoms with Crippen LogP contribution in [0, 0.1) is 28.6 Å². The van der Waals surface area contributed by atoms with Crippen LogP contribution in [0.2, 0.25) is 0 Å². The van der Waals surface area contributed by atoms with Gasteiger partial charge in [0.1, 0.15) is 0 Å². The second-order valence-electron chi connectivity index (χ2n) is 9.82. The lowest BCUT2D eigenvalue weighted by molar-refractivity contribution is -0.0287. The Morgan fingerprint density at radius 3 is 2.63 bits per heavy atom. The molecule has 0 aromatic rings. The lowest BCUT2D eigenvalue weighted by Gasteiger charge is -2.57. The van der Waals surface area contributed by atoms with Crippen molar-refractivity contribution in [2.75, 3.05) is 0 Å². The number of aliphatic hydroxyl groups is 1. The normalized spacial score (nSPS) is 44.2. The molecule has 0 radical (unpaired) electrons. The van der Waals surface area contributed by atoms with E-state index < -0.39 is 0 Å². The molecule has 4 rings (SSSR count). The standard InChI is InChI=1S/C26H36O/c1-5-7-8-18(6-2)22-11-12-23-21-10-9-19-17-20(27)13-15-25(19,3)24(21)14-16-26(22,23)4/h5-9,11,20-21,23-24,27H,2,10,12-17H2,1,3-4H3/b7-5-,18-8+. The van der Waals surface area contributed by atoms with Crippen molar-refractivity contribution in [3.63, 3.8) is 0 Å². The predicted molar refractivity (Wildman–Crippen MR) is 114 cm³/mol. The van der Waals surface area contributed by atoms with Crippen molar-refractivity contribution in [1.82, 2.24) is 0 Å². The topological polar surface area (TPSA) is 20.2 Å². The molecule has 27 heavy (non-hydrogen) atoms. The molecule has 1 N–H and O–H groups in total. The summed E-state index contributed by atoms with van der Waals surface area (Å²) in [4.78, 5) is 0. The molecule has 0 saturated heterocycles. The van der Waals surface area contributed by atoms with Crippen LogP contribution in [0.25, 0.3) is 0 Å². The van der Waals surface area contributed by atoms with Crippen molar-refractivity contribution in [2.45, 2.75) is 71.8 Å². The van der Waals surface area contributed by atoms with Gasteiger partial charge in [-0.25, -0.2) is 0 Å². The van der Waals surface area contributed by atoms with Gasteiger partial charge >= 0.3 is 0 Å². The van der Waals surface area contributed by atoms with Gasteiger partial charge in [0.25, 0.3) is 0 Å². The lowest BCUT2D eigenvalue weighted by atomic mass is 9.47. The van der Waals surface area contributed by atoms with Crippen LogP contribution in [-0.4, -0.2) is 11.2 Å². The van der Waals surface area contributed by atoms with Crippen LogP contribution in [0.3, 0.4) is 0 Å². The van der Waals surface area contributed by atoms with E-state index in [0.29, 0.717) is 10.8 Å². The minimum atomic E-state index is -0.110. The van der Waals surface area contributed by atoms with Gasteiger partial charge in [-0.2, -0.15) is 0 Å². The first kappa shape index (κ1) is 19.0. The van der Waals surface area contributed by atoms with Crippen LogP contribution in [-0.2, 0) is 0 Å². The van der Waals surface area contributed by atoms with E-state index in [1.54, 1.807) is 5.57 Å². The van der Waals surface area contributed by atoms with Gasteiger partial charge in [0.15, 0.2) is 0 Å². The first-order valence-corrected chi connectivity index (χ1v) is 11.0. The number of rotatable bonds is 3. The van der Waals surface area contributed by atoms with Gasteiger partial charge in [0.2, 0.25) is 0 Å². The molecule has 0 spiro atoms. The van der Waals surface area contributed by atoms with Gasteiger partial charge in [0.05, 0.1) is 6.10 Å². The molecule has 1 heteroatoms. The Morgan fingerprint density at radius 2 is 1.89 bits per heavy atom. The zero-order valence-electron chi connectivity index (χ0n) is 17.4. The van der Waals surface area contributed by atoms with E-state index in [1.807, 2.05) is 6.08 Å². The molecule has 4 aliphatic rings. The minimum Gasteiger partial charge on any atom is -0.393 e. The van der Waals surface area contributed by atoms with Gasteiger partial charge in [-0.3, -0.25) is 0 Å². The highest BCUT2D eigenvalue weighted by molar-refractivity contribution is 5.48. The summed E-state index contributed by atoms with van der Waals surface area (Å²) in [5.74, 6) is 2.33. The summed E-state index contributed by atoms with van der Waals surface area (Å²) in [5, 5.41) is 10.2. The summed E-state index contributed by atoms with van der Waals surface area (Å²) in [6.07, 6.45) is 21.6. The third-order valence-electron chi connectivity index (χ3n) is 8.66. The monoisotopic (exact) mass is 364 g/mol. The fraction of sp³-hybridized carbons (Fsp3) is 0.615. The number of hydrogen-bond donors (Lipinski definition) is 1. The molecule has 146 valence electrons. The highest BCUT2D eigenvalue weighted by Crippen LogP contribution is 2.65. The third kappa shape index (κ3) is 2.85. The second-order valence-corrected chi connectivity index (χ2v) is 9.82. The van der Waals surface area contributed by atoms with Crippen LogP contribution in [0.15, 0.2) is 59.8 Å². The van der Waals surface area contributed by atoms with Crippen molar-refractivity contribution >= 4 is 0 Å². The summed E-state index contributed by atoms with van der Waals surface area (Å²) in [6.45, 7) is 11.2. The molecule has 0 heterocycles. The van der Waals surface area contributed by atoms with E-state index in [1.165, 1.54) is 43.3 Å². The van der Waals surface area contributed by atoms with Gasteiger partial charge in [-0.05, 0) is 91.6 Å². The smallest absolute Gasteiger partial charge is 0.0577 e. The van der Waals surface area contributed by atoms with Crippen molar-refractivity contribution in [2.24, 2.45) is 28.6 Å². The van der Waals surface area contributed by atoms with Crippen LogP contribution in [0.1, 0.15) is 65.7 Å². The average Bonchev–Trinajstić information content (AvgIpc) is 3.00. The molecule has 0 bridgehead atoms. The lowest BCUT2D eigenvalue weighted by Crippen LogP contribution is -2.50. The molecule has 2 fully saturated rings. The van der Waals surface area contributed by atoms with E-state index in [2.05, 4.69) is 57.7 Å². The van der Waals surface area contributed by atoms with E-state index >= 15 is 0 Å². The van der Waals surface area contributed by atoms with Crippen LogP contribution >= 0.6 is 0 Å². The number of allylic oxidation sites excluding steroid dienone is 8. The minimum absolute atomic E-state index is 0.110. The van der Waals surface area contributed by atoms with Crippen LogP contribution < -0.4 is 0 Å². The fourth-order valence-corrected chi connectivity index (χ4v) is 7.12. The van der Waals surface area contributed by atoms with Crippen LogP contribution in [0.4, 0.5) is 0 Å². The Labute approximate surface area is 165 Å². The number of hydrogen-bond acceptors (Lipinski definition) is 1. The first-order chi connectivity index (χ1) is 12.9. The summed E-state index contributed by atoms with van der Waals surface area (Å²) in [6, 6.07) is 0. The van der Waals surface area contributed by atoms with Gasteiger partial charge < -0.3 is 5.11 Å². The zero-order chi connectivity index (χ0) is 19.2. The molecule has 0 amide bonds. The number of fused-ring (bicyclic) bond motifs is 5. The van der Waals surface area contributed by atoms with Gasteiger partial charge in [0, 0.05) is 0 Å². The summed E-state index contributed by atoms with van der Waals surface area (Å²) >= 11 is 0. The average molecular weight is 365 g/mol. The molecule has 2 saturated carbocycles. The quantitative estimate of drug-likeness (QED) is 0.445. The maximum Gasteiger partial charge on any atom is 0.0577 e. The van der Waals surface area contributed by atoms with Gasteiger partial charge in [-0.1, -0.05) is 62.5 Å². The Morgan fingerprint density at radius 1 is 1.11 bits per heavy atom. The molecular weight excluding hydrogens is 328 g/mol. The molecule has 1 nitrogen and oxygen atoms in total. The summed E-state index contributed by atoms with van der Waals surface area (Å²) < 4.78 is 0. The summed E-state index contributed by atoms with van der Waals surface area (Å²) in [7, 11) is 0. The Bertz CT molecular complexity index is 735. The highest BCUT2D eigenvalue weighted by atomic mass is 16.3. The zero-order valence-corrected chi connectivity index (χ0v) is 17.4. The van der Waals surface area contributed by atoms with Crippen molar-refractivity contribution in [3.8, 4) is 0 Å². The molecular formula is C26H36O. The molecule has 4 aliphatic carbocycles. The van der Waals surface area contributed by atoms with E-state index in [9.17, 15) is 5.11 Å². The van der Waals surface area contributed by atoms with Crippen molar-refractivity contribution in [1.29, 1.82) is 0 Å². The van der Waals surface area contributed by atoms with Crippen molar-refractivity contribution in [3.05, 3.63) is 59.8 Å². The predicted octanol–water partition coefficient (Wildman–Crippen LogP) is 6.53. The fourth-order valence-electron chi connectivity index (χ4n) is 7.12. The van der Waals surface area contributed by atoms with Crippen LogP contribution in [0.5, 0.6) is 0 Å². The molecule has 0 aromatic heterocycles. The Hall–Kier alpha value is -1.34. The maximum atomic E-state index is 10.2. The molecule has 0 aliphatic heterocycles. The van der Waals surface area contributed by atoms with E-state index in [0.717, 1.165) is 30.6 Å². The maximum absolute atomic E-state index is 10.2. The second kappa shape index (κ2) is 6.92. The highest BCUT2D eigenvalue weighted by Gasteiger charge is 2.56. The SMILES string of the molecule is C=C/C(=C\C=C/C)C1=CCC2C3CC=C4CC(O)CCC4(C)C3CCC12C. The third-order valence-corrected chi connectivity index (χ3v) is 8.66. The molecule has 6 unspecified atom stereocenters. The first-order valence-electron chi connectivity index (χ1n) is 11.0. The molecule has 6 atom stereocenters. The Balaban J connectivity index is 1.64.